The zero-order valence-electron chi connectivity index (χ0n) is 10.7. The molecule has 2 heterocycles. The molecule has 0 aromatic carbocycles. The maximum atomic E-state index is 11.6. The van der Waals surface area contributed by atoms with E-state index in [9.17, 15) is 8.42 Å². The Labute approximate surface area is 104 Å². The zero-order chi connectivity index (χ0) is 12.5. The van der Waals surface area contributed by atoms with E-state index < -0.39 is 9.84 Å². The van der Waals surface area contributed by atoms with E-state index in [-0.39, 0.29) is 11.6 Å². The van der Waals surface area contributed by atoms with E-state index in [1.54, 1.807) is 0 Å². The second kappa shape index (κ2) is 4.86. The molecule has 2 aliphatic rings. The lowest BCUT2D eigenvalue weighted by Gasteiger charge is -2.40. The minimum atomic E-state index is -2.80. The summed E-state index contributed by atoms with van der Waals surface area (Å²) in [6.45, 7) is 5.91. The van der Waals surface area contributed by atoms with Gasteiger partial charge in [-0.1, -0.05) is 6.92 Å². The summed E-state index contributed by atoms with van der Waals surface area (Å²) < 4.78 is 29.0. The standard InChI is InChI=1S/C12H23NO3S/c1-10-7-13-12(2,16-8-10)6-11-4-3-5-17(14,15)9-11/h10-11,13H,3-9H2,1-2H3. The van der Waals surface area contributed by atoms with Gasteiger partial charge in [-0.15, -0.1) is 0 Å². The van der Waals surface area contributed by atoms with Crippen LogP contribution in [0.3, 0.4) is 0 Å². The molecular weight excluding hydrogens is 238 g/mol. The SMILES string of the molecule is CC1CNC(C)(CC2CCCS(=O)(=O)C2)OC1. The van der Waals surface area contributed by atoms with Gasteiger partial charge in [0.15, 0.2) is 9.84 Å². The molecule has 2 aliphatic heterocycles. The third-order valence-electron chi connectivity index (χ3n) is 3.75. The molecule has 2 rings (SSSR count). The van der Waals surface area contributed by atoms with Gasteiger partial charge in [0, 0.05) is 6.54 Å². The predicted octanol–water partition coefficient (Wildman–Crippen LogP) is 1.17. The first-order valence-corrected chi connectivity index (χ1v) is 8.30. The topological polar surface area (TPSA) is 55.4 Å². The summed E-state index contributed by atoms with van der Waals surface area (Å²) in [6.07, 6.45) is 2.62. The molecule has 2 saturated heterocycles. The molecule has 0 aromatic heterocycles. The maximum absolute atomic E-state index is 11.6. The predicted molar refractivity (Wildman–Crippen MR) is 67.5 cm³/mol. The number of nitrogens with one attached hydrogen (secondary N) is 1. The molecule has 0 aliphatic carbocycles. The molecule has 4 nitrogen and oxygen atoms in total. The lowest BCUT2D eigenvalue weighted by atomic mass is 9.93. The van der Waals surface area contributed by atoms with Crippen molar-refractivity contribution in [2.24, 2.45) is 11.8 Å². The van der Waals surface area contributed by atoms with E-state index in [1.807, 2.05) is 6.92 Å². The molecule has 5 heteroatoms. The fourth-order valence-corrected chi connectivity index (χ4v) is 4.56. The summed E-state index contributed by atoms with van der Waals surface area (Å²) in [4.78, 5) is 0. The highest BCUT2D eigenvalue weighted by molar-refractivity contribution is 7.91. The van der Waals surface area contributed by atoms with Gasteiger partial charge in [0.1, 0.15) is 5.72 Å². The fraction of sp³-hybridized carbons (Fsp3) is 1.00. The minimum absolute atomic E-state index is 0.250. The maximum Gasteiger partial charge on any atom is 0.150 e. The van der Waals surface area contributed by atoms with Gasteiger partial charge in [0.05, 0.1) is 18.1 Å². The Morgan fingerprint density at radius 2 is 2.24 bits per heavy atom. The molecule has 2 fully saturated rings. The summed E-state index contributed by atoms with van der Waals surface area (Å²) in [5, 5.41) is 3.40. The fourth-order valence-electron chi connectivity index (χ4n) is 2.79. The van der Waals surface area contributed by atoms with Gasteiger partial charge in [-0.3, -0.25) is 5.32 Å². The Balaban J connectivity index is 1.92. The lowest BCUT2D eigenvalue weighted by Crippen LogP contribution is -2.53. The van der Waals surface area contributed by atoms with Crippen molar-refractivity contribution in [3.63, 3.8) is 0 Å². The first-order chi connectivity index (χ1) is 7.89. The summed E-state index contributed by atoms with van der Waals surface area (Å²) in [5.41, 5.74) is -0.329. The van der Waals surface area contributed by atoms with Gasteiger partial charge >= 0.3 is 0 Å². The van der Waals surface area contributed by atoms with Crippen LogP contribution in [-0.2, 0) is 14.6 Å². The van der Waals surface area contributed by atoms with Crippen molar-refractivity contribution in [3.05, 3.63) is 0 Å². The average molecular weight is 261 g/mol. The van der Waals surface area contributed by atoms with E-state index in [4.69, 9.17) is 4.74 Å². The molecule has 0 radical (unpaired) electrons. The van der Waals surface area contributed by atoms with Crippen LogP contribution in [0.1, 0.15) is 33.1 Å². The largest absolute Gasteiger partial charge is 0.361 e. The third-order valence-corrected chi connectivity index (χ3v) is 5.64. The van der Waals surface area contributed by atoms with Gasteiger partial charge < -0.3 is 4.74 Å². The zero-order valence-corrected chi connectivity index (χ0v) is 11.6. The first kappa shape index (κ1) is 13.3. The third kappa shape index (κ3) is 3.66. The van der Waals surface area contributed by atoms with Gasteiger partial charge in [-0.2, -0.15) is 0 Å². The lowest BCUT2D eigenvalue weighted by molar-refractivity contribution is -0.112. The van der Waals surface area contributed by atoms with Crippen LogP contribution in [-0.4, -0.2) is 38.8 Å². The number of ether oxygens (including phenoxy) is 1. The van der Waals surface area contributed by atoms with Crippen LogP contribution in [0.15, 0.2) is 0 Å². The van der Waals surface area contributed by atoms with Crippen molar-refractivity contribution in [3.8, 4) is 0 Å². The molecule has 3 atom stereocenters. The van der Waals surface area contributed by atoms with Crippen LogP contribution in [0, 0.1) is 11.8 Å². The Bertz CT molecular complexity index is 358. The van der Waals surface area contributed by atoms with Crippen molar-refractivity contribution >= 4 is 9.84 Å². The highest BCUT2D eigenvalue weighted by Gasteiger charge is 2.35. The monoisotopic (exact) mass is 261 g/mol. The van der Waals surface area contributed by atoms with E-state index in [2.05, 4.69) is 12.2 Å². The van der Waals surface area contributed by atoms with Crippen LogP contribution in [0.4, 0.5) is 0 Å². The van der Waals surface area contributed by atoms with Crippen LogP contribution in [0.5, 0.6) is 0 Å². The summed E-state index contributed by atoms with van der Waals surface area (Å²) in [5.74, 6) is 1.49. The summed E-state index contributed by atoms with van der Waals surface area (Å²) >= 11 is 0. The summed E-state index contributed by atoms with van der Waals surface area (Å²) in [6, 6.07) is 0. The number of hydrogen-bond acceptors (Lipinski definition) is 4. The number of hydrogen-bond donors (Lipinski definition) is 1. The number of rotatable bonds is 2. The Hall–Kier alpha value is -0.130. The van der Waals surface area contributed by atoms with Crippen LogP contribution >= 0.6 is 0 Å². The molecule has 0 amide bonds. The molecule has 0 saturated carbocycles. The molecule has 17 heavy (non-hydrogen) atoms. The molecule has 100 valence electrons. The van der Waals surface area contributed by atoms with E-state index in [1.165, 1.54) is 0 Å². The molecular formula is C12H23NO3S. The Morgan fingerprint density at radius 3 is 2.82 bits per heavy atom. The van der Waals surface area contributed by atoms with Crippen molar-refractivity contribution in [1.29, 1.82) is 0 Å². The Morgan fingerprint density at radius 1 is 1.47 bits per heavy atom. The van der Waals surface area contributed by atoms with Gasteiger partial charge in [0.25, 0.3) is 0 Å². The van der Waals surface area contributed by atoms with Gasteiger partial charge in [-0.25, -0.2) is 8.42 Å². The van der Waals surface area contributed by atoms with Crippen LogP contribution in [0.25, 0.3) is 0 Å². The second-order valence-corrected chi connectivity index (χ2v) is 8.08. The number of sulfone groups is 1. The van der Waals surface area contributed by atoms with E-state index in [0.29, 0.717) is 17.4 Å². The molecule has 3 unspecified atom stereocenters. The Kier molecular flexibility index (Phi) is 3.80. The summed E-state index contributed by atoms with van der Waals surface area (Å²) in [7, 11) is -2.80. The van der Waals surface area contributed by atoms with E-state index >= 15 is 0 Å². The molecule has 0 spiro atoms. The van der Waals surface area contributed by atoms with Gasteiger partial charge in [0.2, 0.25) is 0 Å². The van der Waals surface area contributed by atoms with Crippen LogP contribution < -0.4 is 5.32 Å². The van der Waals surface area contributed by atoms with E-state index in [0.717, 1.165) is 32.4 Å². The molecule has 0 bridgehead atoms. The van der Waals surface area contributed by atoms with Crippen molar-refractivity contribution in [1.82, 2.24) is 5.32 Å². The quantitative estimate of drug-likeness (QED) is 0.811. The minimum Gasteiger partial charge on any atom is -0.361 e. The van der Waals surface area contributed by atoms with Crippen molar-refractivity contribution < 1.29 is 13.2 Å². The smallest absolute Gasteiger partial charge is 0.150 e. The van der Waals surface area contributed by atoms with Crippen LogP contribution in [0.2, 0.25) is 0 Å². The second-order valence-electron chi connectivity index (χ2n) is 5.85. The average Bonchev–Trinajstić information content (AvgIpc) is 2.21. The normalized spacial score (nSPS) is 42.2. The van der Waals surface area contributed by atoms with Crippen molar-refractivity contribution in [2.75, 3.05) is 24.7 Å². The highest BCUT2D eigenvalue weighted by atomic mass is 32.2. The van der Waals surface area contributed by atoms with Crippen molar-refractivity contribution in [2.45, 2.75) is 38.8 Å². The highest BCUT2D eigenvalue weighted by Crippen LogP contribution is 2.29. The molecule has 0 aromatic rings. The van der Waals surface area contributed by atoms with Gasteiger partial charge in [-0.05, 0) is 38.0 Å². The first-order valence-electron chi connectivity index (χ1n) is 6.48. The molecule has 1 N–H and O–H groups in total.